The van der Waals surface area contributed by atoms with Crippen LogP contribution in [0.15, 0.2) is 29.8 Å². The minimum atomic E-state index is -4.34. The molecule has 0 bridgehead atoms. The molecule has 18 heavy (non-hydrogen) atoms. The van der Waals surface area contributed by atoms with Crippen LogP contribution in [0.4, 0.5) is 18.2 Å². The van der Waals surface area contributed by atoms with Crippen LogP contribution in [0.5, 0.6) is 5.75 Å². The first-order chi connectivity index (χ1) is 8.47. The van der Waals surface area contributed by atoms with Gasteiger partial charge in [0.05, 0.1) is 11.1 Å². The molecular formula is C11H9F3N2OS. The summed E-state index contributed by atoms with van der Waals surface area (Å²) in [5.41, 5.74) is 7.07. The second-order valence-corrected chi connectivity index (χ2v) is 4.36. The van der Waals surface area contributed by atoms with Gasteiger partial charge in [0.25, 0.3) is 0 Å². The Kier molecular flexibility index (Phi) is 3.42. The predicted octanol–water partition coefficient (Wildman–Crippen LogP) is 3.32. The maximum atomic E-state index is 12.3. The predicted molar refractivity (Wildman–Crippen MR) is 62.3 cm³/mol. The zero-order chi connectivity index (χ0) is 13.2. The molecule has 1 heterocycles. The van der Waals surface area contributed by atoms with E-state index in [1.54, 1.807) is 5.51 Å². The van der Waals surface area contributed by atoms with Crippen LogP contribution in [0.3, 0.4) is 0 Å². The van der Waals surface area contributed by atoms with E-state index in [0.29, 0.717) is 16.4 Å². The standard InChI is InChI=1S/C11H9F3N2OS/c12-11(13,14)7-1-3-8(4-2-7)17-5-9-10(15)18-6-16-9/h1-4,6H,5,15H2. The number of hydrogen-bond donors (Lipinski definition) is 1. The van der Waals surface area contributed by atoms with Crippen LogP contribution in [-0.4, -0.2) is 4.98 Å². The van der Waals surface area contributed by atoms with Gasteiger partial charge in [-0.15, -0.1) is 11.3 Å². The van der Waals surface area contributed by atoms with E-state index < -0.39 is 11.7 Å². The van der Waals surface area contributed by atoms with E-state index in [1.165, 1.54) is 23.5 Å². The van der Waals surface area contributed by atoms with Crippen LogP contribution in [0.2, 0.25) is 0 Å². The number of rotatable bonds is 3. The lowest BCUT2D eigenvalue weighted by atomic mass is 10.2. The molecule has 2 aromatic rings. The summed E-state index contributed by atoms with van der Waals surface area (Å²) in [4.78, 5) is 3.98. The molecule has 3 nitrogen and oxygen atoms in total. The zero-order valence-corrected chi connectivity index (χ0v) is 9.89. The number of thiazole rings is 1. The fraction of sp³-hybridized carbons (Fsp3) is 0.182. The van der Waals surface area contributed by atoms with Crippen molar-refractivity contribution in [2.75, 3.05) is 5.73 Å². The summed E-state index contributed by atoms with van der Waals surface area (Å²) in [6.45, 7) is 0.140. The molecule has 0 saturated heterocycles. The largest absolute Gasteiger partial charge is 0.487 e. The Morgan fingerprint density at radius 3 is 2.39 bits per heavy atom. The van der Waals surface area contributed by atoms with Crippen LogP contribution in [-0.2, 0) is 12.8 Å². The summed E-state index contributed by atoms with van der Waals surface area (Å²) in [5.74, 6) is 0.343. The van der Waals surface area contributed by atoms with Gasteiger partial charge in [0.2, 0.25) is 0 Å². The van der Waals surface area contributed by atoms with E-state index in [4.69, 9.17) is 10.5 Å². The smallest absolute Gasteiger partial charge is 0.416 e. The highest BCUT2D eigenvalue weighted by Gasteiger charge is 2.29. The molecule has 0 amide bonds. The Morgan fingerprint density at radius 2 is 1.89 bits per heavy atom. The first-order valence-corrected chi connectivity index (χ1v) is 5.82. The topological polar surface area (TPSA) is 48.1 Å². The monoisotopic (exact) mass is 274 g/mol. The summed E-state index contributed by atoms with van der Waals surface area (Å²) in [5, 5.41) is 0.543. The molecule has 96 valence electrons. The molecule has 0 unspecified atom stereocenters. The minimum Gasteiger partial charge on any atom is -0.487 e. The molecule has 0 radical (unpaired) electrons. The van der Waals surface area contributed by atoms with Crippen molar-refractivity contribution >= 4 is 16.3 Å². The van der Waals surface area contributed by atoms with Crippen molar-refractivity contribution < 1.29 is 17.9 Å². The van der Waals surface area contributed by atoms with Gasteiger partial charge in [-0.3, -0.25) is 0 Å². The quantitative estimate of drug-likeness (QED) is 0.934. The lowest BCUT2D eigenvalue weighted by Gasteiger charge is -2.08. The van der Waals surface area contributed by atoms with Crippen molar-refractivity contribution in [3.8, 4) is 5.75 Å². The third-order valence-corrected chi connectivity index (χ3v) is 2.93. The van der Waals surface area contributed by atoms with Crippen LogP contribution in [0.25, 0.3) is 0 Å². The van der Waals surface area contributed by atoms with Gasteiger partial charge in [-0.1, -0.05) is 0 Å². The van der Waals surface area contributed by atoms with E-state index in [9.17, 15) is 13.2 Å². The lowest BCUT2D eigenvalue weighted by Crippen LogP contribution is -2.04. The highest BCUT2D eigenvalue weighted by molar-refractivity contribution is 7.13. The Morgan fingerprint density at radius 1 is 1.22 bits per heavy atom. The summed E-state index contributed by atoms with van der Waals surface area (Å²) < 4.78 is 42.2. The second kappa shape index (κ2) is 4.85. The highest BCUT2D eigenvalue weighted by Crippen LogP contribution is 2.30. The number of alkyl halides is 3. The van der Waals surface area contributed by atoms with Crippen LogP contribution < -0.4 is 10.5 Å². The molecule has 1 aromatic heterocycles. The Hall–Kier alpha value is -1.76. The van der Waals surface area contributed by atoms with Gasteiger partial charge >= 0.3 is 6.18 Å². The van der Waals surface area contributed by atoms with Gasteiger partial charge in [0.15, 0.2) is 0 Å². The summed E-state index contributed by atoms with van der Waals surface area (Å²) >= 11 is 1.28. The number of anilines is 1. The summed E-state index contributed by atoms with van der Waals surface area (Å²) in [6.07, 6.45) is -4.34. The Balaban J connectivity index is 2.01. The van der Waals surface area contributed by atoms with Crippen molar-refractivity contribution in [3.63, 3.8) is 0 Å². The van der Waals surface area contributed by atoms with E-state index >= 15 is 0 Å². The van der Waals surface area contributed by atoms with E-state index in [-0.39, 0.29) is 6.61 Å². The van der Waals surface area contributed by atoms with Crippen molar-refractivity contribution in [1.29, 1.82) is 0 Å². The van der Waals surface area contributed by atoms with Gasteiger partial charge in [-0.05, 0) is 24.3 Å². The maximum absolute atomic E-state index is 12.3. The number of hydrogen-bond acceptors (Lipinski definition) is 4. The molecule has 0 aliphatic carbocycles. The zero-order valence-electron chi connectivity index (χ0n) is 9.07. The lowest BCUT2D eigenvalue weighted by molar-refractivity contribution is -0.137. The van der Waals surface area contributed by atoms with Crippen LogP contribution >= 0.6 is 11.3 Å². The minimum absolute atomic E-state index is 0.140. The fourth-order valence-electron chi connectivity index (χ4n) is 1.28. The first-order valence-electron chi connectivity index (χ1n) is 4.94. The first kappa shape index (κ1) is 12.7. The molecule has 1 aromatic carbocycles. The van der Waals surface area contributed by atoms with Gasteiger partial charge in [-0.25, -0.2) is 4.98 Å². The molecule has 0 aliphatic heterocycles. The summed E-state index contributed by atoms with van der Waals surface area (Å²) in [7, 11) is 0. The third kappa shape index (κ3) is 2.92. The van der Waals surface area contributed by atoms with Crippen LogP contribution in [0, 0.1) is 0 Å². The number of nitrogens with zero attached hydrogens (tertiary/aromatic N) is 1. The highest BCUT2D eigenvalue weighted by atomic mass is 32.1. The second-order valence-electron chi connectivity index (χ2n) is 3.47. The maximum Gasteiger partial charge on any atom is 0.416 e. The molecule has 7 heteroatoms. The molecule has 2 rings (SSSR count). The molecule has 0 spiro atoms. The summed E-state index contributed by atoms with van der Waals surface area (Å²) in [6, 6.07) is 4.48. The fourth-order valence-corrected chi connectivity index (χ4v) is 1.82. The van der Waals surface area contributed by atoms with Crippen LogP contribution in [0.1, 0.15) is 11.3 Å². The number of nitrogens with two attached hydrogens (primary N) is 1. The van der Waals surface area contributed by atoms with Crippen molar-refractivity contribution in [1.82, 2.24) is 4.98 Å². The van der Waals surface area contributed by atoms with Gasteiger partial charge < -0.3 is 10.5 Å². The number of ether oxygens (including phenoxy) is 1. The normalized spacial score (nSPS) is 11.5. The molecule has 0 aliphatic rings. The van der Waals surface area contributed by atoms with Gasteiger partial charge in [0.1, 0.15) is 23.1 Å². The van der Waals surface area contributed by atoms with Crippen molar-refractivity contribution in [2.45, 2.75) is 12.8 Å². The van der Waals surface area contributed by atoms with Gasteiger partial charge in [0, 0.05) is 0 Å². The van der Waals surface area contributed by atoms with E-state index in [1.807, 2.05) is 0 Å². The van der Waals surface area contributed by atoms with Crippen molar-refractivity contribution in [3.05, 3.63) is 41.0 Å². The molecule has 0 atom stereocenters. The molecular weight excluding hydrogens is 265 g/mol. The number of aromatic nitrogens is 1. The van der Waals surface area contributed by atoms with E-state index in [0.717, 1.165) is 12.1 Å². The SMILES string of the molecule is Nc1scnc1COc1ccc(C(F)(F)F)cc1. The molecule has 2 N–H and O–H groups in total. The molecule has 0 fully saturated rings. The molecule has 0 saturated carbocycles. The van der Waals surface area contributed by atoms with E-state index in [2.05, 4.69) is 4.98 Å². The average molecular weight is 274 g/mol. The average Bonchev–Trinajstić information content (AvgIpc) is 2.72. The van der Waals surface area contributed by atoms with Gasteiger partial charge in [-0.2, -0.15) is 13.2 Å². The Labute approximate surface area is 105 Å². The Bertz CT molecular complexity index is 522. The third-order valence-electron chi connectivity index (χ3n) is 2.23. The van der Waals surface area contributed by atoms with Crippen molar-refractivity contribution in [2.24, 2.45) is 0 Å². The number of halogens is 3. The number of nitrogen functional groups attached to an aromatic ring is 1. The number of benzene rings is 1.